The van der Waals surface area contributed by atoms with Gasteiger partial charge >= 0.3 is 0 Å². The number of rotatable bonds is 8. The van der Waals surface area contributed by atoms with Crippen molar-refractivity contribution in [3.05, 3.63) is 29.8 Å². The van der Waals surface area contributed by atoms with Crippen LogP contribution in [0.1, 0.15) is 38.7 Å². The number of carbonyl (C=O) groups excluding carboxylic acids is 1. The molecule has 0 radical (unpaired) electrons. The van der Waals surface area contributed by atoms with Crippen molar-refractivity contribution in [1.82, 2.24) is 5.32 Å². The summed E-state index contributed by atoms with van der Waals surface area (Å²) in [6, 6.07) is 7.01. The number of hydrogen-bond donors (Lipinski definition) is 3. The summed E-state index contributed by atoms with van der Waals surface area (Å²) < 4.78 is 0. The highest BCUT2D eigenvalue weighted by molar-refractivity contribution is 5.76. The zero-order chi connectivity index (χ0) is 15.0. The second kappa shape index (κ2) is 8.59. The largest absolute Gasteiger partial charge is 0.508 e. The first-order chi connectivity index (χ1) is 9.58. The summed E-state index contributed by atoms with van der Waals surface area (Å²) in [6.07, 6.45) is 2.14. The van der Waals surface area contributed by atoms with Crippen molar-refractivity contribution in [1.29, 1.82) is 0 Å². The molecule has 3 N–H and O–H groups in total. The van der Waals surface area contributed by atoms with Crippen molar-refractivity contribution < 1.29 is 15.0 Å². The molecule has 0 spiro atoms. The van der Waals surface area contributed by atoms with Gasteiger partial charge in [-0.25, -0.2) is 0 Å². The topological polar surface area (TPSA) is 69.6 Å². The van der Waals surface area contributed by atoms with Crippen LogP contribution >= 0.6 is 0 Å². The van der Waals surface area contributed by atoms with Gasteiger partial charge in [-0.15, -0.1) is 0 Å². The maximum Gasteiger partial charge on any atom is 0.220 e. The van der Waals surface area contributed by atoms with Gasteiger partial charge in [0.15, 0.2) is 0 Å². The standard InChI is InChI=1S/C16H25NO3/c1-3-12(4-2)15(19)11-17-16(20)10-9-13-7-5-6-8-14(13)18/h5-8,12,15,18-19H,3-4,9-11H2,1-2H3,(H,17,20). The normalized spacial score (nSPS) is 12.4. The SMILES string of the molecule is CCC(CC)C(O)CNC(=O)CCc1ccccc1O. The first-order valence-electron chi connectivity index (χ1n) is 7.30. The van der Waals surface area contributed by atoms with Crippen molar-refractivity contribution in [3.8, 4) is 5.75 Å². The van der Waals surface area contributed by atoms with Gasteiger partial charge in [0, 0.05) is 13.0 Å². The molecule has 4 nitrogen and oxygen atoms in total. The first kappa shape index (κ1) is 16.5. The van der Waals surface area contributed by atoms with Crippen LogP contribution in [-0.2, 0) is 11.2 Å². The van der Waals surface area contributed by atoms with Crippen molar-refractivity contribution in [3.63, 3.8) is 0 Å². The van der Waals surface area contributed by atoms with Crippen LogP contribution in [0, 0.1) is 5.92 Å². The molecule has 4 heteroatoms. The number of carbonyl (C=O) groups is 1. The lowest BCUT2D eigenvalue weighted by Crippen LogP contribution is -2.36. The third-order valence-corrected chi connectivity index (χ3v) is 3.71. The third kappa shape index (κ3) is 5.21. The monoisotopic (exact) mass is 279 g/mol. The molecule has 20 heavy (non-hydrogen) atoms. The van der Waals surface area contributed by atoms with Gasteiger partial charge in [-0.1, -0.05) is 44.9 Å². The van der Waals surface area contributed by atoms with Crippen LogP contribution in [0.25, 0.3) is 0 Å². The second-order valence-corrected chi connectivity index (χ2v) is 5.08. The Morgan fingerprint density at radius 3 is 2.50 bits per heavy atom. The predicted octanol–water partition coefficient (Wildman–Crippen LogP) is 2.24. The molecule has 0 fully saturated rings. The molecular weight excluding hydrogens is 254 g/mol. The molecule has 0 saturated carbocycles. The minimum atomic E-state index is -0.487. The van der Waals surface area contributed by atoms with Crippen molar-refractivity contribution in [2.24, 2.45) is 5.92 Å². The van der Waals surface area contributed by atoms with Crippen molar-refractivity contribution in [2.75, 3.05) is 6.54 Å². The van der Waals surface area contributed by atoms with Crippen LogP contribution in [0.2, 0.25) is 0 Å². The van der Waals surface area contributed by atoms with Gasteiger partial charge in [0.05, 0.1) is 6.10 Å². The number of aliphatic hydroxyl groups is 1. The number of aromatic hydroxyl groups is 1. The van der Waals surface area contributed by atoms with Gasteiger partial charge < -0.3 is 15.5 Å². The lowest BCUT2D eigenvalue weighted by atomic mass is 9.96. The van der Waals surface area contributed by atoms with Crippen LogP contribution in [0.3, 0.4) is 0 Å². The Kier molecular flexibility index (Phi) is 7.09. The predicted molar refractivity (Wildman–Crippen MR) is 79.5 cm³/mol. The summed E-state index contributed by atoms with van der Waals surface area (Å²) in [7, 11) is 0. The second-order valence-electron chi connectivity index (χ2n) is 5.08. The molecule has 1 aromatic carbocycles. The zero-order valence-electron chi connectivity index (χ0n) is 12.3. The van der Waals surface area contributed by atoms with Crippen LogP contribution in [0.5, 0.6) is 5.75 Å². The average molecular weight is 279 g/mol. The number of amides is 1. The molecule has 0 heterocycles. The Balaban J connectivity index is 2.32. The quantitative estimate of drug-likeness (QED) is 0.683. The summed E-state index contributed by atoms with van der Waals surface area (Å²) in [6.45, 7) is 4.38. The number of phenols is 1. The molecule has 1 rings (SSSR count). The summed E-state index contributed by atoms with van der Waals surface area (Å²) in [5, 5.41) is 22.3. The number of phenolic OH excluding ortho intramolecular Hbond substituents is 1. The van der Waals surface area contributed by atoms with Crippen LogP contribution < -0.4 is 5.32 Å². The Morgan fingerprint density at radius 1 is 1.25 bits per heavy atom. The van der Waals surface area contributed by atoms with Crippen LogP contribution in [0.4, 0.5) is 0 Å². The molecule has 0 bridgehead atoms. The van der Waals surface area contributed by atoms with Gasteiger partial charge in [0.2, 0.25) is 5.91 Å². The number of benzene rings is 1. The molecule has 0 aromatic heterocycles. The van der Waals surface area contributed by atoms with E-state index in [1.54, 1.807) is 12.1 Å². The highest BCUT2D eigenvalue weighted by Gasteiger charge is 2.16. The van der Waals surface area contributed by atoms with Crippen LogP contribution in [0.15, 0.2) is 24.3 Å². The Bertz CT molecular complexity index is 416. The molecule has 0 aliphatic heterocycles. The molecule has 1 amide bonds. The number of nitrogens with one attached hydrogen (secondary N) is 1. The number of hydrogen-bond acceptors (Lipinski definition) is 3. The van der Waals surface area contributed by atoms with Crippen molar-refractivity contribution in [2.45, 2.75) is 45.6 Å². The van der Waals surface area contributed by atoms with Crippen molar-refractivity contribution >= 4 is 5.91 Å². The van der Waals surface area contributed by atoms with E-state index < -0.39 is 6.10 Å². The van der Waals surface area contributed by atoms with E-state index >= 15 is 0 Å². The van der Waals surface area contributed by atoms with E-state index in [4.69, 9.17) is 0 Å². The van der Waals surface area contributed by atoms with E-state index in [-0.39, 0.29) is 17.6 Å². The Hall–Kier alpha value is -1.55. The highest BCUT2D eigenvalue weighted by Crippen LogP contribution is 2.17. The van der Waals surface area contributed by atoms with E-state index in [1.807, 2.05) is 26.0 Å². The first-order valence-corrected chi connectivity index (χ1v) is 7.30. The third-order valence-electron chi connectivity index (χ3n) is 3.71. The summed E-state index contributed by atoms with van der Waals surface area (Å²) in [5.74, 6) is 0.351. The molecule has 1 atom stereocenters. The number of aryl methyl sites for hydroxylation is 1. The molecule has 0 aliphatic carbocycles. The van der Waals surface area contributed by atoms with Gasteiger partial charge in [-0.3, -0.25) is 4.79 Å². The van der Waals surface area contributed by atoms with Gasteiger partial charge in [-0.05, 0) is 24.0 Å². The fourth-order valence-electron chi connectivity index (χ4n) is 2.28. The summed E-state index contributed by atoms with van der Waals surface area (Å²) >= 11 is 0. The van der Waals surface area contributed by atoms with Gasteiger partial charge in [-0.2, -0.15) is 0 Å². The van der Waals surface area contributed by atoms with E-state index in [0.717, 1.165) is 18.4 Å². The van der Waals surface area contributed by atoms with Gasteiger partial charge in [0.25, 0.3) is 0 Å². The molecule has 1 aromatic rings. The van der Waals surface area contributed by atoms with E-state index in [0.29, 0.717) is 19.4 Å². The molecule has 0 saturated heterocycles. The Labute approximate surface area is 120 Å². The van der Waals surface area contributed by atoms with Crippen LogP contribution in [-0.4, -0.2) is 28.8 Å². The minimum absolute atomic E-state index is 0.0988. The number of para-hydroxylation sites is 1. The summed E-state index contributed by atoms with van der Waals surface area (Å²) in [4.78, 5) is 11.7. The highest BCUT2D eigenvalue weighted by atomic mass is 16.3. The zero-order valence-corrected chi connectivity index (χ0v) is 12.3. The fraction of sp³-hybridized carbons (Fsp3) is 0.562. The van der Waals surface area contributed by atoms with Gasteiger partial charge in [0.1, 0.15) is 5.75 Å². The average Bonchev–Trinajstić information content (AvgIpc) is 2.45. The molecular formula is C16H25NO3. The Morgan fingerprint density at radius 2 is 1.90 bits per heavy atom. The minimum Gasteiger partial charge on any atom is -0.508 e. The maximum atomic E-state index is 11.7. The smallest absolute Gasteiger partial charge is 0.220 e. The summed E-state index contributed by atoms with van der Waals surface area (Å²) in [5.41, 5.74) is 0.767. The molecule has 112 valence electrons. The lowest BCUT2D eigenvalue weighted by Gasteiger charge is -2.20. The lowest BCUT2D eigenvalue weighted by molar-refractivity contribution is -0.121. The van der Waals surface area contributed by atoms with E-state index in [1.165, 1.54) is 0 Å². The molecule has 0 aliphatic rings. The maximum absolute atomic E-state index is 11.7. The van der Waals surface area contributed by atoms with E-state index in [9.17, 15) is 15.0 Å². The molecule has 1 unspecified atom stereocenters. The van der Waals surface area contributed by atoms with E-state index in [2.05, 4.69) is 5.32 Å². The fourth-order valence-corrected chi connectivity index (χ4v) is 2.28. The number of aliphatic hydroxyl groups excluding tert-OH is 1.